The van der Waals surface area contributed by atoms with Gasteiger partial charge in [-0.1, -0.05) is 12.1 Å². The summed E-state index contributed by atoms with van der Waals surface area (Å²) in [5.41, 5.74) is 5.92. The van der Waals surface area contributed by atoms with E-state index >= 15 is 0 Å². The Bertz CT molecular complexity index is 641. The lowest BCUT2D eigenvalue weighted by molar-refractivity contribution is 0.102. The molecule has 98 valence electrons. The van der Waals surface area contributed by atoms with E-state index in [4.69, 9.17) is 5.73 Å². The normalized spacial score (nSPS) is 10.3. The Kier molecular flexibility index (Phi) is 3.46. The first-order valence-electron chi connectivity index (χ1n) is 5.60. The highest BCUT2D eigenvalue weighted by Gasteiger charge is 2.16. The molecule has 3 nitrogen and oxygen atoms in total. The topological polar surface area (TPSA) is 55.1 Å². The number of hydrogen-bond acceptors (Lipinski definition) is 2. The molecule has 0 aliphatic heterocycles. The van der Waals surface area contributed by atoms with Crippen LogP contribution >= 0.6 is 0 Å². The van der Waals surface area contributed by atoms with Gasteiger partial charge in [0.1, 0.15) is 5.82 Å². The summed E-state index contributed by atoms with van der Waals surface area (Å²) < 4.78 is 26.8. The fourth-order valence-corrected chi connectivity index (χ4v) is 1.70. The van der Waals surface area contributed by atoms with Gasteiger partial charge in [0.25, 0.3) is 5.91 Å². The highest BCUT2D eigenvalue weighted by atomic mass is 19.1. The summed E-state index contributed by atoms with van der Waals surface area (Å²) in [6.45, 7) is 1.86. The highest BCUT2D eigenvalue weighted by molar-refractivity contribution is 6.05. The number of benzene rings is 2. The smallest absolute Gasteiger partial charge is 0.258 e. The van der Waals surface area contributed by atoms with Gasteiger partial charge in [-0.15, -0.1) is 0 Å². The summed E-state index contributed by atoms with van der Waals surface area (Å²) >= 11 is 0. The van der Waals surface area contributed by atoms with Crippen LogP contribution in [0.25, 0.3) is 0 Å². The third kappa shape index (κ3) is 2.88. The lowest BCUT2D eigenvalue weighted by Gasteiger charge is -2.08. The van der Waals surface area contributed by atoms with Gasteiger partial charge in [0.05, 0.1) is 11.3 Å². The van der Waals surface area contributed by atoms with Crippen molar-refractivity contribution in [2.24, 2.45) is 0 Å². The van der Waals surface area contributed by atoms with E-state index in [9.17, 15) is 13.6 Å². The van der Waals surface area contributed by atoms with Gasteiger partial charge in [-0.2, -0.15) is 0 Å². The summed E-state index contributed by atoms with van der Waals surface area (Å²) in [6, 6.07) is 8.64. The van der Waals surface area contributed by atoms with Crippen molar-refractivity contribution in [3.8, 4) is 0 Å². The fourth-order valence-electron chi connectivity index (χ4n) is 1.70. The number of hydrogen-bond donors (Lipinski definition) is 2. The molecule has 0 saturated heterocycles. The maximum atomic E-state index is 13.7. The van der Waals surface area contributed by atoms with Crippen LogP contribution in [-0.2, 0) is 0 Å². The van der Waals surface area contributed by atoms with E-state index in [0.29, 0.717) is 5.69 Å². The van der Waals surface area contributed by atoms with Crippen LogP contribution in [0.4, 0.5) is 20.2 Å². The van der Waals surface area contributed by atoms with Crippen molar-refractivity contribution in [2.75, 3.05) is 11.1 Å². The number of nitrogens with one attached hydrogen (secondary N) is 1. The quantitative estimate of drug-likeness (QED) is 0.817. The molecule has 0 bridgehead atoms. The van der Waals surface area contributed by atoms with Crippen molar-refractivity contribution < 1.29 is 13.6 Å². The zero-order valence-corrected chi connectivity index (χ0v) is 10.2. The summed E-state index contributed by atoms with van der Waals surface area (Å²) in [7, 11) is 0. The molecule has 2 aromatic carbocycles. The number of nitrogens with two attached hydrogens (primary N) is 1. The van der Waals surface area contributed by atoms with Crippen molar-refractivity contribution in [3.05, 3.63) is 59.2 Å². The molecule has 3 N–H and O–H groups in total. The number of rotatable bonds is 2. The first kappa shape index (κ1) is 13.0. The Morgan fingerprint density at radius 1 is 1.21 bits per heavy atom. The Balaban J connectivity index is 2.30. The summed E-state index contributed by atoms with van der Waals surface area (Å²) in [6.07, 6.45) is 0. The fraction of sp³-hybridized carbons (Fsp3) is 0.0714. The first-order valence-corrected chi connectivity index (χ1v) is 5.60. The molecule has 1 amide bonds. The predicted octanol–water partition coefficient (Wildman–Crippen LogP) is 3.11. The number of nitrogen functional groups attached to an aromatic ring is 1. The Morgan fingerprint density at radius 3 is 2.63 bits per heavy atom. The van der Waals surface area contributed by atoms with Gasteiger partial charge in [-0.3, -0.25) is 4.79 Å². The molecule has 0 radical (unpaired) electrons. The maximum Gasteiger partial charge on any atom is 0.258 e. The third-order valence-corrected chi connectivity index (χ3v) is 2.59. The molecule has 0 heterocycles. The second-order valence-electron chi connectivity index (χ2n) is 4.18. The van der Waals surface area contributed by atoms with Gasteiger partial charge in [-0.05, 0) is 36.8 Å². The third-order valence-electron chi connectivity index (χ3n) is 2.59. The minimum atomic E-state index is -0.924. The average Bonchev–Trinajstić information content (AvgIpc) is 2.33. The van der Waals surface area contributed by atoms with Gasteiger partial charge in [0.15, 0.2) is 5.82 Å². The zero-order valence-electron chi connectivity index (χ0n) is 10.2. The van der Waals surface area contributed by atoms with Crippen LogP contribution in [0.2, 0.25) is 0 Å². The molecule has 19 heavy (non-hydrogen) atoms. The van der Waals surface area contributed by atoms with Crippen LogP contribution in [0.3, 0.4) is 0 Å². The minimum absolute atomic E-state index is 0.394. The number of anilines is 2. The summed E-state index contributed by atoms with van der Waals surface area (Å²) in [4.78, 5) is 11.9. The average molecular weight is 262 g/mol. The lowest BCUT2D eigenvalue weighted by Crippen LogP contribution is -2.15. The number of carbonyl (C=O) groups is 1. The van der Waals surface area contributed by atoms with Crippen LogP contribution in [0, 0.1) is 18.6 Å². The predicted molar refractivity (Wildman–Crippen MR) is 69.9 cm³/mol. The monoisotopic (exact) mass is 262 g/mol. The molecule has 2 aromatic rings. The van der Waals surface area contributed by atoms with Gasteiger partial charge in [-0.25, -0.2) is 8.78 Å². The SMILES string of the molecule is Cc1cccc(NC(=O)c2cc(F)cc(N)c2F)c1. The van der Waals surface area contributed by atoms with E-state index in [2.05, 4.69) is 5.32 Å². The second-order valence-corrected chi connectivity index (χ2v) is 4.18. The van der Waals surface area contributed by atoms with Crippen molar-refractivity contribution in [2.45, 2.75) is 6.92 Å². The first-order chi connectivity index (χ1) is 8.97. The minimum Gasteiger partial charge on any atom is -0.396 e. The number of amides is 1. The van der Waals surface area contributed by atoms with Crippen molar-refractivity contribution >= 4 is 17.3 Å². The van der Waals surface area contributed by atoms with Gasteiger partial charge in [0.2, 0.25) is 0 Å². The molecule has 0 spiro atoms. The number of carbonyl (C=O) groups excluding carboxylic acids is 1. The molecular weight excluding hydrogens is 250 g/mol. The maximum absolute atomic E-state index is 13.7. The Labute approximate surface area is 109 Å². The van der Waals surface area contributed by atoms with Crippen LogP contribution in [0.1, 0.15) is 15.9 Å². The van der Waals surface area contributed by atoms with Crippen LogP contribution in [0.15, 0.2) is 36.4 Å². The van der Waals surface area contributed by atoms with Crippen molar-refractivity contribution in [1.29, 1.82) is 0 Å². The van der Waals surface area contributed by atoms with Crippen LogP contribution in [0.5, 0.6) is 0 Å². The van der Waals surface area contributed by atoms with Crippen LogP contribution in [-0.4, -0.2) is 5.91 Å². The highest BCUT2D eigenvalue weighted by Crippen LogP contribution is 2.19. The Hall–Kier alpha value is -2.43. The second kappa shape index (κ2) is 5.06. The standard InChI is InChI=1S/C14H12F2N2O/c1-8-3-2-4-10(5-8)18-14(19)11-6-9(15)7-12(17)13(11)16/h2-7H,17H2,1H3,(H,18,19). The van der Waals surface area contributed by atoms with Crippen LogP contribution < -0.4 is 11.1 Å². The van der Waals surface area contributed by atoms with Crippen molar-refractivity contribution in [3.63, 3.8) is 0 Å². The summed E-state index contributed by atoms with van der Waals surface area (Å²) in [5, 5.41) is 2.49. The molecular formula is C14H12F2N2O. The molecule has 5 heteroatoms. The molecule has 0 aromatic heterocycles. The van der Waals surface area contributed by atoms with Gasteiger partial charge >= 0.3 is 0 Å². The Morgan fingerprint density at radius 2 is 1.95 bits per heavy atom. The lowest BCUT2D eigenvalue weighted by atomic mass is 10.1. The molecule has 0 saturated carbocycles. The number of halogens is 2. The molecule has 0 atom stereocenters. The van der Waals surface area contributed by atoms with Crippen molar-refractivity contribution in [1.82, 2.24) is 0 Å². The van der Waals surface area contributed by atoms with E-state index in [1.54, 1.807) is 18.2 Å². The van der Waals surface area contributed by atoms with Gasteiger partial charge in [0, 0.05) is 5.69 Å². The van der Waals surface area contributed by atoms with Gasteiger partial charge < -0.3 is 11.1 Å². The molecule has 2 rings (SSSR count). The van der Waals surface area contributed by atoms with E-state index in [0.717, 1.165) is 17.7 Å². The molecule has 0 aliphatic carbocycles. The molecule has 0 fully saturated rings. The largest absolute Gasteiger partial charge is 0.396 e. The van der Waals surface area contributed by atoms with E-state index < -0.39 is 28.8 Å². The van der Waals surface area contributed by atoms with E-state index in [1.165, 1.54) is 0 Å². The molecule has 0 unspecified atom stereocenters. The molecule has 0 aliphatic rings. The zero-order chi connectivity index (χ0) is 14.0. The van der Waals surface area contributed by atoms with E-state index in [1.807, 2.05) is 13.0 Å². The van der Waals surface area contributed by atoms with E-state index in [-0.39, 0.29) is 0 Å². The summed E-state index contributed by atoms with van der Waals surface area (Å²) in [5.74, 6) is -2.42. The number of aryl methyl sites for hydroxylation is 1.